The minimum atomic E-state index is -1.09. The Morgan fingerprint density at radius 3 is 2.72 bits per heavy atom. The summed E-state index contributed by atoms with van der Waals surface area (Å²) in [7, 11) is 0. The lowest BCUT2D eigenvalue weighted by Gasteiger charge is -2.23. The van der Waals surface area contributed by atoms with Gasteiger partial charge in [0, 0.05) is 23.3 Å². The first kappa shape index (κ1) is 16.1. The number of hydrogen-bond donors (Lipinski definition) is 2. The Hall–Kier alpha value is -2.44. The van der Waals surface area contributed by atoms with E-state index in [1.807, 2.05) is 0 Å². The van der Waals surface area contributed by atoms with E-state index in [4.69, 9.17) is 4.42 Å². The van der Waals surface area contributed by atoms with Gasteiger partial charge in [-0.3, -0.25) is 4.68 Å². The molecule has 2 heterocycles. The molecule has 3 aromatic rings. The highest BCUT2D eigenvalue weighted by Crippen LogP contribution is 2.33. The van der Waals surface area contributed by atoms with Crippen molar-refractivity contribution in [2.75, 3.05) is 0 Å². The van der Waals surface area contributed by atoms with E-state index in [1.54, 1.807) is 41.3 Å². The van der Waals surface area contributed by atoms with Crippen molar-refractivity contribution in [3.8, 4) is 0 Å². The number of aromatic nitrogens is 2. The van der Waals surface area contributed by atoms with Crippen LogP contribution in [0.15, 0.2) is 45.9 Å². The zero-order chi connectivity index (χ0) is 17.4. The van der Waals surface area contributed by atoms with Crippen molar-refractivity contribution in [1.29, 1.82) is 0 Å². The number of nitrogens with zero attached hydrogens (tertiary/aromatic N) is 2. The van der Waals surface area contributed by atoms with Crippen LogP contribution < -0.4 is 5.63 Å². The molecular formula is C19H20N2O4. The molecule has 130 valence electrons. The minimum Gasteiger partial charge on any atom is -0.422 e. The Bertz CT molecular complexity index is 946. The summed E-state index contributed by atoms with van der Waals surface area (Å²) < 4.78 is 7.05. The lowest BCUT2D eigenvalue weighted by atomic mass is 9.87. The highest BCUT2D eigenvalue weighted by molar-refractivity contribution is 5.85. The molecule has 2 atom stereocenters. The monoisotopic (exact) mass is 340 g/mol. The summed E-state index contributed by atoms with van der Waals surface area (Å²) >= 11 is 0. The van der Waals surface area contributed by atoms with Gasteiger partial charge in [0.05, 0.1) is 6.54 Å². The SMILES string of the molecule is O=c1oc2cccc(C(O)C(O)Cn3cccn3)c2c2c1CCCC2. The molecule has 25 heavy (non-hydrogen) atoms. The van der Waals surface area contributed by atoms with Gasteiger partial charge in [0.1, 0.15) is 17.8 Å². The summed E-state index contributed by atoms with van der Waals surface area (Å²) in [6.07, 6.45) is 4.72. The van der Waals surface area contributed by atoms with Gasteiger partial charge >= 0.3 is 5.63 Å². The molecule has 2 N–H and O–H groups in total. The van der Waals surface area contributed by atoms with Crippen LogP contribution in [-0.2, 0) is 19.4 Å². The normalized spacial score (nSPS) is 16.6. The number of aliphatic hydroxyl groups excluding tert-OH is 2. The number of aryl methyl sites for hydroxylation is 1. The van der Waals surface area contributed by atoms with Gasteiger partial charge in [-0.25, -0.2) is 4.79 Å². The summed E-state index contributed by atoms with van der Waals surface area (Å²) in [5.74, 6) is 0. The van der Waals surface area contributed by atoms with Crippen molar-refractivity contribution in [2.24, 2.45) is 0 Å². The van der Waals surface area contributed by atoms with Crippen LogP contribution in [0.3, 0.4) is 0 Å². The van der Waals surface area contributed by atoms with Crippen molar-refractivity contribution < 1.29 is 14.6 Å². The summed E-state index contributed by atoms with van der Waals surface area (Å²) in [5.41, 5.74) is 2.44. The standard InChI is InChI=1S/C19H20N2O4/c22-15(11-21-10-4-9-20-21)18(23)14-7-3-8-16-17(14)12-5-1-2-6-13(12)19(24)25-16/h3-4,7-10,15,18,22-23H,1-2,5-6,11H2. The van der Waals surface area contributed by atoms with E-state index in [0.717, 1.165) is 30.2 Å². The third-order valence-corrected chi connectivity index (χ3v) is 4.89. The maximum absolute atomic E-state index is 12.2. The second kappa shape index (κ2) is 6.46. The van der Waals surface area contributed by atoms with Crippen LogP contribution in [0.4, 0.5) is 0 Å². The van der Waals surface area contributed by atoms with Gasteiger partial charge in [-0.05, 0) is 48.9 Å². The Kier molecular flexibility index (Phi) is 4.15. The summed E-state index contributed by atoms with van der Waals surface area (Å²) in [6.45, 7) is 0.184. The second-order valence-electron chi connectivity index (χ2n) is 6.51. The number of benzene rings is 1. The van der Waals surface area contributed by atoms with E-state index in [1.165, 1.54) is 0 Å². The molecule has 0 radical (unpaired) electrons. The van der Waals surface area contributed by atoms with E-state index in [-0.39, 0.29) is 12.2 Å². The number of hydrogen-bond acceptors (Lipinski definition) is 5. The smallest absolute Gasteiger partial charge is 0.339 e. The molecule has 1 aromatic carbocycles. The van der Waals surface area contributed by atoms with E-state index < -0.39 is 12.2 Å². The highest BCUT2D eigenvalue weighted by atomic mass is 16.4. The Morgan fingerprint density at radius 1 is 1.16 bits per heavy atom. The minimum absolute atomic E-state index is 0.184. The topological polar surface area (TPSA) is 88.5 Å². The lowest BCUT2D eigenvalue weighted by molar-refractivity contribution is 0.00692. The molecule has 1 aliphatic rings. The van der Waals surface area contributed by atoms with Gasteiger partial charge in [-0.2, -0.15) is 5.10 Å². The summed E-state index contributed by atoms with van der Waals surface area (Å²) in [4.78, 5) is 12.2. The van der Waals surface area contributed by atoms with Gasteiger partial charge in [0.2, 0.25) is 0 Å². The van der Waals surface area contributed by atoms with Crippen LogP contribution in [0.2, 0.25) is 0 Å². The van der Waals surface area contributed by atoms with E-state index >= 15 is 0 Å². The van der Waals surface area contributed by atoms with Crippen LogP contribution in [-0.4, -0.2) is 26.1 Å². The zero-order valence-electron chi connectivity index (χ0n) is 13.8. The van der Waals surface area contributed by atoms with Crippen LogP contribution in [0.5, 0.6) is 0 Å². The van der Waals surface area contributed by atoms with Crippen molar-refractivity contribution in [2.45, 2.75) is 44.4 Å². The van der Waals surface area contributed by atoms with Crippen molar-refractivity contribution in [3.05, 3.63) is 63.8 Å². The molecule has 0 bridgehead atoms. The average Bonchev–Trinajstić information content (AvgIpc) is 3.13. The first-order valence-electron chi connectivity index (χ1n) is 8.56. The van der Waals surface area contributed by atoms with Crippen molar-refractivity contribution in [3.63, 3.8) is 0 Å². The average molecular weight is 340 g/mol. The van der Waals surface area contributed by atoms with Gasteiger partial charge in [0.15, 0.2) is 0 Å². The predicted molar refractivity (Wildman–Crippen MR) is 92.3 cm³/mol. The molecule has 2 unspecified atom stereocenters. The molecule has 2 aromatic heterocycles. The molecule has 1 aliphatic carbocycles. The highest BCUT2D eigenvalue weighted by Gasteiger charge is 2.26. The van der Waals surface area contributed by atoms with Crippen LogP contribution in [0, 0.1) is 0 Å². The predicted octanol–water partition coefficient (Wildman–Crippen LogP) is 1.96. The second-order valence-corrected chi connectivity index (χ2v) is 6.51. The van der Waals surface area contributed by atoms with E-state index in [0.29, 0.717) is 23.1 Å². The Morgan fingerprint density at radius 2 is 1.96 bits per heavy atom. The third kappa shape index (κ3) is 2.88. The molecule has 0 amide bonds. The fourth-order valence-electron chi connectivity index (χ4n) is 3.68. The van der Waals surface area contributed by atoms with Gasteiger partial charge < -0.3 is 14.6 Å². The third-order valence-electron chi connectivity index (χ3n) is 4.89. The maximum Gasteiger partial charge on any atom is 0.339 e. The van der Waals surface area contributed by atoms with E-state index in [2.05, 4.69) is 5.10 Å². The molecule has 0 saturated carbocycles. The van der Waals surface area contributed by atoms with Crippen LogP contribution >= 0.6 is 0 Å². The Labute approximate surface area is 144 Å². The van der Waals surface area contributed by atoms with E-state index in [9.17, 15) is 15.0 Å². The number of fused-ring (bicyclic) bond motifs is 3. The van der Waals surface area contributed by atoms with Gasteiger partial charge in [-0.1, -0.05) is 12.1 Å². The molecule has 4 rings (SSSR count). The zero-order valence-corrected chi connectivity index (χ0v) is 13.8. The van der Waals surface area contributed by atoms with Gasteiger partial charge in [-0.15, -0.1) is 0 Å². The molecule has 6 heteroatoms. The first-order valence-corrected chi connectivity index (χ1v) is 8.56. The largest absolute Gasteiger partial charge is 0.422 e. The summed E-state index contributed by atoms with van der Waals surface area (Å²) in [6, 6.07) is 7.03. The molecule has 0 aliphatic heterocycles. The maximum atomic E-state index is 12.2. The fraction of sp³-hybridized carbons (Fsp3) is 0.368. The molecule has 6 nitrogen and oxygen atoms in total. The van der Waals surface area contributed by atoms with Crippen LogP contribution in [0.25, 0.3) is 11.0 Å². The quantitative estimate of drug-likeness (QED) is 0.709. The molecule has 0 saturated heterocycles. The first-order chi connectivity index (χ1) is 12.1. The fourth-order valence-corrected chi connectivity index (χ4v) is 3.68. The molecular weight excluding hydrogens is 320 g/mol. The van der Waals surface area contributed by atoms with Crippen LogP contribution in [0.1, 0.15) is 35.6 Å². The van der Waals surface area contributed by atoms with Crippen molar-refractivity contribution in [1.82, 2.24) is 9.78 Å². The lowest BCUT2D eigenvalue weighted by Crippen LogP contribution is -2.25. The van der Waals surface area contributed by atoms with Crippen molar-refractivity contribution >= 4 is 11.0 Å². The molecule has 0 fully saturated rings. The van der Waals surface area contributed by atoms with Gasteiger partial charge in [0.25, 0.3) is 0 Å². The Balaban J connectivity index is 1.80. The number of rotatable bonds is 4. The summed E-state index contributed by atoms with van der Waals surface area (Å²) in [5, 5.41) is 26.0. The molecule has 0 spiro atoms. The number of aliphatic hydroxyl groups is 2.